The van der Waals surface area contributed by atoms with Crippen molar-refractivity contribution in [1.29, 1.82) is 0 Å². The summed E-state index contributed by atoms with van der Waals surface area (Å²) in [7, 11) is 1.81. The SMILES string of the molecule is CCC(=O)N(C)[C@H]1CCN(C(=O)c2cnc(N[C@@H]3CCc4ncccc43)nc2)C1. The van der Waals surface area contributed by atoms with Gasteiger partial charge in [-0.1, -0.05) is 13.0 Å². The van der Waals surface area contributed by atoms with E-state index in [1.54, 1.807) is 22.2 Å². The van der Waals surface area contributed by atoms with E-state index < -0.39 is 0 Å². The van der Waals surface area contributed by atoms with E-state index in [9.17, 15) is 9.59 Å². The fraction of sp³-hybridized carbons (Fsp3) is 0.476. The average molecular weight is 394 g/mol. The van der Waals surface area contributed by atoms with Crippen molar-refractivity contribution in [2.24, 2.45) is 0 Å². The lowest BCUT2D eigenvalue weighted by atomic mass is 10.1. The highest BCUT2D eigenvalue weighted by Crippen LogP contribution is 2.31. The monoisotopic (exact) mass is 394 g/mol. The molecule has 4 rings (SSSR count). The minimum atomic E-state index is -0.0909. The maximum Gasteiger partial charge on any atom is 0.257 e. The number of hydrogen-bond donors (Lipinski definition) is 1. The molecule has 1 fully saturated rings. The van der Waals surface area contributed by atoms with Gasteiger partial charge in [0.15, 0.2) is 0 Å². The number of likely N-dealkylation sites (N-methyl/N-ethyl adjacent to an activating group) is 1. The zero-order chi connectivity index (χ0) is 20.4. The third kappa shape index (κ3) is 3.92. The zero-order valence-electron chi connectivity index (χ0n) is 16.8. The summed E-state index contributed by atoms with van der Waals surface area (Å²) in [6.07, 6.45) is 8.13. The summed E-state index contributed by atoms with van der Waals surface area (Å²) in [6.45, 7) is 3.04. The van der Waals surface area contributed by atoms with Crippen molar-refractivity contribution in [1.82, 2.24) is 24.8 Å². The number of nitrogens with zero attached hydrogens (tertiary/aromatic N) is 5. The number of pyridine rings is 1. The third-order valence-corrected chi connectivity index (χ3v) is 5.87. The minimum Gasteiger partial charge on any atom is -0.347 e. The fourth-order valence-corrected chi connectivity index (χ4v) is 4.11. The number of rotatable bonds is 5. The Morgan fingerprint density at radius 1 is 1.24 bits per heavy atom. The molecule has 2 aromatic rings. The first-order chi connectivity index (χ1) is 14.1. The fourth-order valence-electron chi connectivity index (χ4n) is 4.11. The second kappa shape index (κ2) is 8.14. The molecular formula is C21H26N6O2. The van der Waals surface area contributed by atoms with Gasteiger partial charge < -0.3 is 15.1 Å². The Kier molecular flexibility index (Phi) is 5.42. The molecule has 8 nitrogen and oxygen atoms in total. The third-order valence-electron chi connectivity index (χ3n) is 5.87. The van der Waals surface area contributed by atoms with E-state index in [1.807, 2.05) is 26.2 Å². The van der Waals surface area contributed by atoms with Crippen LogP contribution in [-0.4, -0.2) is 62.7 Å². The van der Waals surface area contributed by atoms with Crippen molar-refractivity contribution >= 4 is 17.8 Å². The Balaban J connectivity index is 1.37. The Labute approximate surface area is 170 Å². The molecule has 3 heterocycles. The molecule has 0 radical (unpaired) electrons. The molecule has 29 heavy (non-hydrogen) atoms. The van der Waals surface area contributed by atoms with Gasteiger partial charge in [0.05, 0.1) is 17.6 Å². The Hall–Kier alpha value is -3.03. The summed E-state index contributed by atoms with van der Waals surface area (Å²) >= 11 is 0. The van der Waals surface area contributed by atoms with Crippen LogP contribution in [0, 0.1) is 0 Å². The molecule has 0 unspecified atom stereocenters. The summed E-state index contributed by atoms with van der Waals surface area (Å²) in [4.78, 5) is 41.3. The number of anilines is 1. The Morgan fingerprint density at radius 3 is 2.79 bits per heavy atom. The highest BCUT2D eigenvalue weighted by Gasteiger charge is 2.31. The van der Waals surface area contributed by atoms with Crippen LogP contribution in [0.3, 0.4) is 0 Å². The van der Waals surface area contributed by atoms with E-state index in [4.69, 9.17) is 0 Å². The van der Waals surface area contributed by atoms with Gasteiger partial charge in [-0.15, -0.1) is 0 Å². The Bertz CT molecular complexity index is 900. The van der Waals surface area contributed by atoms with Crippen LogP contribution in [-0.2, 0) is 11.2 Å². The van der Waals surface area contributed by atoms with Crippen molar-refractivity contribution in [2.45, 2.75) is 44.7 Å². The predicted octanol–water partition coefficient (Wildman–Crippen LogP) is 2.05. The number of likely N-dealkylation sites (tertiary alicyclic amines) is 1. The molecule has 1 N–H and O–H groups in total. The number of fused-ring (bicyclic) bond motifs is 1. The summed E-state index contributed by atoms with van der Waals surface area (Å²) < 4.78 is 0. The highest BCUT2D eigenvalue weighted by molar-refractivity contribution is 5.94. The zero-order valence-corrected chi connectivity index (χ0v) is 16.8. The molecule has 2 aromatic heterocycles. The van der Waals surface area contributed by atoms with Crippen LogP contribution < -0.4 is 5.32 Å². The van der Waals surface area contributed by atoms with Crippen LogP contribution in [0.4, 0.5) is 5.95 Å². The van der Waals surface area contributed by atoms with Crippen molar-refractivity contribution < 1.29 is 9.59 Å². The quantitative estimate of drug-likeness (QED) is 0.835. The summed E-state index contributed by atoms with van der Waals surface area (Å²) in [5.41, 5.74) is 2.77. The van der Waals surface area contributed by atoms with Crippen LogP contribution in [0.15, 0.2) is 30.7 Å². The predicted molar refractivity (Wildman–Crippen MR) is 108 cm³/mol. The largest absolute Gasteiger partial charge is 0.347 e. The van der Waals surface area contributed by atoms with Gasteiger partial charge in [0.2, 0.25) is 11.9 Å². The van der Waals surface area contributed by atoms with Crippen LogP contribution >= 0.6 is 0 Å². The molecule has 0 bridgehead atoms. The van der Waals surface area contributed by atoms with E-state index in [0.29, 0.717) is 31.0 Å². The molecule has 0 spiro atoms. The van der Waals surface area contributed by atoms with E-state index in [-0.39, 0.29) is 23.9 Å². The first-order valence-electron chi connectivity index (χ1n) is 10.1. The van der Waals surface area contributed by atoms with Crippen molar-refractivity contribution in [2.75, 3.05) is 25.5 Å². The van der Waals surface area contributed by atoms with Crippen LogP contribution in [0.2, 0.25) is 0 Å². The highest BCUT2D eigenvalue weighted by atomic mass is 16.2. The van der Waals surface area contributed by atoms with E-state index in [0.717, 1.165) is 25.0 Å². The van der Waals surface area contributed by atoms with Gasteiger partial charge in [-0.3, -0.25) is 14.6 Å². The molecule has 2 amide bonds. The van der Waals surface area contributed by atoms with Gasteiger partial charge in [-0.2, -0.15) is 0 Å². The second-order valence-electron chi connectivity index (χ2n) is 7.62. The normalized spacial score (nSPS) is 20.4. The summed E-state index contributed by atoms with van der Waals surface area (Å²) in [6, 6.07) is 4.24. The van der Waals surface area contributed by atoms with Crippen molar-refractivity contribution in [3.8, 4) is 0 Å². The number of carbonyl (C=O) groups excluding carboxylic acids is 2. The van der Waals surface area contributed by atoms with Crippen LogP contribution in [0.5, 0.6) is 0 Å². The number of hydrogen-bond acceptors (Lipinski definition) is 6. The van der Waals surface area contributed by atoms with Gasteiger partial charge in [-0.05, 0) is 30.9 Å². The molecule has 0 aromatic carbocycles. The van der Waals surface area contributed by atoms with Gasteiger partial charge in [0.1, 0.15) is 0 Å². The number of aryl methyl sites for hydroxylation is 1. The first kappa shape index (κ1) is 19.3. The van der Waals surface area contributed by atoms with Crippen molar-refractivity contribution in [3.05, 3.63) is 47.5 Å². The molecule has 1 saturated heterocycles. The van der Waals surface area contributed by atoms with Gasteiger partial charge in [0, 0.05) is 50.8 Å². The van der Waals surface area contributed by atoms with E-state index in [2.05, 4.69) is 26.3 Å². The van der Waals surface area contributed by atoms with Crippen LogP contribution in [0.25, 0.3) is 0 Å². The lowest BCUT2D eigenvalue weighted by Gasteiger charge is -2.24. The number of nitrogens with one attached hydrogen (secondary N) is 1. The summed E-state index contributed by atoms with van der Waals surface area (Å²) in [5.74, 6) is 0.523. The van der Waals surface area contributed by atoms with Crippen LogP contribution in [0.1, 0.15) is 53.8 Å². The number of amides is 2. The molecule has 0 saturated carbocycles. The first-order valence-corrected chi connectivity index (χ1v) is 10.1. The number of carbonyl (C=O) groups is 2. The maximum absolute atomic E-state index is 12.8. The molecule has 1 aliphatic heterocycles. The summed E-state index contributed by atoms with van der Waals surface area (Å²) in [5, 5.41) is 3.34. The minimum absolute atomic E-state index is 0.0734. The molecular weight excluding hydrogens is 368 g/mol. The molecule has 1 aliphatic carbocycles. The van der Waals surface area contributed by atoms with Gasteiger partial charge in [-0.25, -0.2) is 9.97 Å². The van der Waals surface area contributed by atoms with E-state index >= 15 is 0 Å². The topological polar surface area (TPSA) is 91.3 Å². The van der Waals surface area contributed by atoms with Gasteiger partial charge >= 0.3 is 0 Å². The van der Waals surface area contributed by atoms with Crippen molar-refractivity contribution in [3.63, 3.8) is 0 Å². The molecule has 8 heteroatoms. The average Bonchev–Trinajstić information content (AvgIpc) is 3.41. The molecule has 152 valence electrons. The molecule has 2 atom stereocenters. The smallest absolute Gasteiger partial charge is 0.257 e. The van der Waals surface area contributed by atoms with E-state index in [1.165, 1.54) is 5.56 Å². The molecule has 2 aliphatic rings. The lowest BCUT2D eigenvalue weighted by molar-refractivity contribution is -0.131. The standard InChI is InChI=1S/C21H26N6O2/c1-3-19(28)26(2)15-8-10-27(13-15)20(29)14-11-23-21(24-12-14)25-18-7-6-17-16(18)5-4-9-22-17/h4-5,9,11-12,15,18H,3,6-8,10,13H2,1-2H3,(H,23,24,25)/t15-,18+/m0/s1. The van der Waals surface area contributed by atoms with Gasteiger partial charge in [0.25, 0.3) is 5.91 Å². The lowest BCUT2D eigenvalue weighted by Crippen LogP contribution is -2.39. The maximum atomic E-state index is 12.8. The second-order valence-corrected chi connectivity index (χ2v) is 7.62. The Morgan fingerprint density at radius 2 is 2.03 bits per heavy atom. The number of aromatic nitrogens is 3.